The summed E-state index contributed by atoms with van der Waals surface area (Å²) in [5.74, 6) is 1.07. The van der Waals surface area contributed by atoms with Gasteiger partial charge in [-0.2, -0.15) is 0 Å². The zero-order valence-electron chi connectivity index (χ0n) is 32.1. The predicted molar refractivity (Wildman–Crippen MR) is 220 cm³/mol. The van der Waals surface area contributed by atoms with Crippen LogP contribution in [-0.2, 0) is 23.7 Å². The summed E-state index contributed by atoms with van der Waals surface area (Å²) in [5.41, 5.74) is 16.3. The maximum absolute atomic E-state index is 6.79. The summed E-state index contributed by atoms with van der Waals surface area (Å²) in [7, 11) is -2.41. The Kier molecular flexibility index (Phi) is 9.65. The molecule has 1 nitrogen and oxygen atoms in total. The average molecular weight is 677 g/mol. The molecule has 0 N–H and O–H groups in total. The summed E-state index contributed by atoms with van der Waals surface area (Å²) in [6.07, 6.45) is 3.95. The molecule has 0 aromatic heterocycles. The Balaban J connectivity index is 1.64. The minimum atomic E-state index is -2.41. The lowest BCUT2D eigenvalue weighted by atomic mass is 9.80. The normalized spacial score (nSPS) is 13.2. The Labute approximate surface area is 303 Å². The molecule has 0 atom stereocenters. The van der Waals surface area contributed by atoms with Gasteiger partial charge in [0.25, 0.3) is 0 Å². The number of hydrogen-bond donors (Lipinski definition) is 0. The highest BCUT2D eigenvalue weighted by Gasteiger charge is 2.45. The zero-order valence-corrected chi connectivity index (χ0v) is 33.1. The van der Waals surface area contributed by atoms with Crippen molar-refractivity contribution < 1.29 is 4.74 Å². The van der Waals surface area contributed by atoms with E-state index in [-0.39, 0.29) is 16.4 Å². The lowest BCUT2D eigenvalue weighted by Crippen LogP contribution is -2.49. The summed E-state index contributed by atoms with van der Waals surface area (Å²) < 4.78 is 6.79. The molecule has 0 spiro atoms. The molecule has 5 aromatic rings. The fourth-order valence-corrected chi connectivity index (χ4v) is 11.6. The van der Waals surface area contributed by atoms with Gasteiger partial charge in [-0.05, 0) is 95.6 Å². The molecular formula is C48H56OSi. The first-order valence-electron chi connectivity index (χ1n) is 18.6. The van der Waals surface area contributed by atoms with Crippen LogP contribution in [0.25, 0.3) is 33.4 Å². The van der Waals surface area contributed by atoms with Gasteiger partial charge >= 0.3 is 0 Å². The van der Waals surface area contributed by atoms with E-state index in [1.807, 2.05) is 6.08 Å². The van der Waals surface area contributed by atoms with Crippen molar-refractivity contribution in [2.45, 2.75) is 97.7 Å². The van der Waals surface area contributed by atoms with E-state index in [9.17, 15) is 0 Å². The van der Waals surface area contributed by atoms with Crippen molar-refractivity contribution in [3.63, 3.8) is 0 Å². The van der Waals surface area contributed by atoms with E-state index >= 15 is 0 Å². The summed E-state index contributed by atoms with van der Waals surface area (Å²) >= 11 is 0. The Morgan fingerprint density at radius 2 is 1.14 bits per heavy atom. The third-order valence-corrected chi connectivity index (χ3v) is 14.7. The number of rotatable bonds is 9. The maximum Gasteiger partial charge on any atom is 0.122 e. The molecule has 258 valence electrons. The lowest BCUT2D eigenvalue weighted by Gasteiger charge is -2.37. The quantitative estimate of drug-likeness (QED) is 0.112. The number of hydrogen-bond acceptors (Lipinski definition) is 1. The van der Waals surface area contributed by atoms with Crippen molar-refractivity contribution in [1.29, 1.82) is 0 Å². The number of aryl methyl sites for hydroxylation is 2. The van der Waals surface area contributed by atoms with Crippen LogP contribution in [0.2, 0.25) is 13.1 Å². The third-order valence-electron chi connectivity index (χ3n) is 10.9. The maximum atomic E-state index is 6.79. The number of fused-ring (bicyclic) bond motifs is 3. The first-order valence-corrected chi connectivity index (χ1v) is 21.6. The molecule has 2 heteroatoms. The molecule has 0 unspecified atom stereocenters. The third kappa shape index (κ3) is 6.67. The molecular weight excluding hydrogens is 621 g/mol. The van der Waals surface area contributed by atoms with E-state index in [1.165, 1.54) is 71.9 Å². The molecule has 0 amide bonds. The highest BCUT2D eigenvalue weighted by molar-refractivity contribution is 6.92. The fourth-order valence-electron chi connectivity index (χ4n) is 7.89. The largest absolute Gasteiger partial charge is 0.489 e. The molecule has 0 heterocycles. The van der Waals surface area contributed by atoms with E-state index in [1.54, 1.807) is 0 Å². The topological polar surface area (TPSA) is 9.23 Å². The van der Waals surface area contributed by atoms with Crippen molar-refractivity contribution in [1.82, 2.24) is 0 Å². The van der Waals surface area contributed by atoms with Gasteiger partial charge in [-0.1, -0.05) is 178 Å². The molecule has 1 aliphatic rings. The standard InChI is InChI=1S/C48H56OSi/c1-12-25-49-45-43(48(7,8)9)30-38(47(4,5)6)31-44(45)50(10,11)46-41-28-36(34-19-15-17-32(13-2)26-34)21-23-39(41)40-24-22-37(29-42(40)46)35-20-16-18-33(14-3)27-35/h12,15-24,26-31,46H,1,13-14,25H2,2-11H3. The molecule has 5 aromatic carbocycles. The van der Waals surface area contributed by atoms with Crippen molar-refractivity contribution in [3.8, 4) is 39.1 Å². The zero-order chi connectivity index (χ0) is 36.0. The van der Waals surface area contributed by atoms with Crippen LogP contribution in [0.3, 0.4) is 0 Å². The van der Waals surface area contributed by atoms with Crippen molar-refractivity contribution in [3.05, 3.63) is 143 Å². The summed E-state index contributed by atoms with van der Waals surface area (Å²) in [5, 5.41) is 1.40. The first kappa shape index (κ1) is 35.7. The number of benzene rings is 5. The van der Waals surface area contributed by atoms with Gasteiger partial charge in [0.05, 0.1) is 8.07 Å². The van der Waals surface area contributed by atoms with Crippen LogP contribution in [0, 0.1) is 0 Å². The van der Waals surface area contributed by atoms with Gasteiger partial charge < -0.3 is 4.74 Å². The van der Waals surface area contributed by atoms with Crippen LogP contribution in [0.4, 0.5) is 0 Å². The molecule has 0 saturated carbocycles. The van der Waals surface area contributed by atoms with Crippen LogP contribution in [0.1, 0.15) is 94.3 Å². The second kappa shape index (κ2) is 13.5. The SMILES string of the molecule is C=CCOc1c(C(C)(C)C)cc(C(C)(C)C)cc1[Si](C)(C)C1c2cc(-c3cccc(CC)c3)ccc2-c2ccc(-c3cccc(CC)c3)cc21. The fraction of sp³-hybridized carbons (Fsp3) is 0.333. The highest BCUT2D eigenvalue weighted by Crippen LogP contribution is 2.52. The van der Waals surface area contributed by atoms with Gasteiger partial charge in [-0.3, -0.25) is 0 Å². The second-order valence-corrected chi connectivity index (χ2v) is 21.4. The molecule has 0 bridgehead atoms. The first-order chi connectivity index (χ1) is 23.7. The molecule has 50 heavy (non-hydrogen) atoms. The van der Waals surface area contributed by atoms with Crippen LogP contribution >= 0.6 is 0 Å². The lowest BCUT2D eigenvalue weighted by molar-refractivity contribution is 0.353. The van der Waals surface area contributed by atoms with Crippen LogP contribution in [-0.4, -0.2) is 14.7 Å². The Morgan fingerprint density at radius 1 is 0.640 bits per heavy atom. The molecule has 0 radical (unpaired) electrons. The number of ether oxygens (including phenoxy) is 1. The minimum Gasteiger partial charge on any atom is -0.489 e. The Hall–Kier alpha value is -4.14. The molecule has 0 fully saturated rings. The van der Waals surface area contributed by atoms with Gasteiger partial charge in [0.15, 0.2) is 0 Å². The van der Waals surface area contributed by atoms with E-state index in [4.69, 9.17) is 4.74 Å². The van der Waals surface area contributed by atoms with Crippen LogP contribution < -0.4 is 9.92 Å². The average Bonchev–Trinajstić information content (AvgIpc) is 3.43. The second-order valence-electron chi connectivity index (χ2n) is 16.9. The molecule has 0 saturated heterocycles. The smallest absolute Gasteiger partial charge is 0.122 e. The van der Waals surface area contributed by atoms with Crippen molar-refractivity contribution >= 4 is 13.3 Å². The van der Waals surface area contributed by atoms with E-state index in [2.05, 4.69) is 172 Å². The van der Waals surface area contributed by atoms with Gasteiger partial charge in [-0.15, -0.1) is 0 Å². The van der Waals surface area contributed by atoms with Crippen LogP contribution in [0.15, 0.2) is 110 Å². The van der Waals surface area contributed by atoms with Crippen molar-refractivity contribution in [2.75, 3.05) is 6.61 Å². The highest BCUT2D eigenvalue weighted by atomic mass is 28.3. The molecule has 6 rings (SSSR count). The van der Waals surface area contributed by atoms with E-state index in [0.717, 1.165) is 18.6 Å². The molecule has 1 aliphatic carbocycles. The Bertz CT molecular complexity index is 1950. The summed E-state index contributed by atoms with van der Waals surface area (Å²) in [6.45, 7) is 28.1. The minimum absolute atomic E-state index is 0.00336. The van der Waals surface area contributed by atoms with E-state index < -0.39 is 8.07 Å². The summed E-state index contributed by atoms with van der Waals surface area (Å²) in [6, 6.07) is 37.6. The van der Waals surface area contributed by atoms with Crippen molar-refractivity contribution in [2.24, 2.45) is 0 Å². The van der Waals surface area contributed by atoms with Gasteiger partial charge in [0.1, 0.15) is 12.4 Å². The van der Waals surface area contributed by atoms with Crippen LogP contribution in [0.5, 0.6) is 5.75 Å². The monoisotopic (exact) mass is 676 g/mol. The van der Waals surface area contributed by atoms with Gasteiger partial charge in [0, 0.05) is 5.54 Å². The molecule has 0 aliphatic heterocycles. The van der Waals surface area contributed by atoms with Gasteiger partial charge in [0.2, 0.25) is 0 Å². The summed E-state index contributed by atoms with van der Waals surface area (Å²) in [4.78, 5) is 0. The van der Waals surface area contributed by atoms with Gasteiger partial charge in [-0.25, -0.2) is 0 Å². The van der Waals surface area contributed by atoms with E-state index in [0.29, 0.717) is 6.61 Å². The predicted octanol–water partition coefficient (Wildman–Crippen LogP) is 12.6. The Morgan fingerprint density at radius 3 is 1.58 bits per heavy atom.